The molecule has 0 amide bonds. The van der Waals surface area contributed by atoms with Crippen molar-refractivity contribution in [2.75, 3.05) is 34.2 Å². The first kappa shape index (κ1) is 15.1. The molecule has 0 fully saturated rings. The minimum absolute atomic E-state index is 0.132. The molecular formula is C12H22BrN3S. The summed E-state index contributed by atoms with van der Waals surface area (Å²) in [7, 11) is 6.33. The molecule has 1 aromatic heterocycles. The van der Waals surface area contributed by atoms with E-state index in [-0.39, 0.29) is 6.04 Å². The van der Waals surface area contributed by atoms with Crippen LogP contribution in [-0.2, 0) is 0 Å². The van der Waals surface area contributed by atoms with Crippen LogP contribution in [0.3, 0.4) is 0 Å². The van der Waals surface area contributed by atoms with Gasteiger partial charge >= 0.3 is 0 Å². The van der Waals surface area contributed by atoms with Gasteiger partial charge in [-0.2, -0.15) is 0 Å². The topological polar surface area (TPSA) is 32.5 Å². The zero-order chi connectivity index (χ0) is 13.0. The van der Waals surface area contributed by atoms with E-state index in [2.05, 4.69) is 65.2 Å². The Morgan fingerprint density at radius 1 is 1.35 bits per heavy atom. The predicted molar refractivity (Wildman–Crippen MR) is 79.6 cm³/mol. The summed E-state index contributed by atoms with van der Waals surface area (Å²) >= 11 is 5.27. The van der Waals surface area contributed by atoms with Gasteiger partial charge in [-0.15, -0.1) is 11.3 Å². The molecule has 98 valence electrons. The van der Waals surface area contributed by atoms with E-state index < -0.39 is 0 Å². The third-order valence-electron chi connectivity index (χ3n) is 2.75. The Kier molecular flexibility index (Phi) is 6.09. The fourth-order valence-electron chi connectivity index (χ4n) is 1.86. The standard InChI is InChI=1S/C12H22BrN3S/c1-9(14)12(11-7-10(13)8-17-11)16(4)6-5-15(2)3/h7-9,12H,5-6,14H2,1-4H3. The van der Waals surface area contributed by atoms with Gasteiger partial charge in [-0.1, -0.05) is 0 Å². The van der Waals surface area contributed by atoms with Crippen LogP contribution >= 0.6 is 27.3 Å². The van der Waals surface area contributed by atoms with E-state index in [1.165, 1.54) is 4.88 Å². The lowest BCUT2D eigenvalue weighted by molar-refractivity contribution is 0.201. The molecule has 2 N–H and O–H groups in total. The van der Waals surface area contributed by atoms with E-state index in [4.69, 9.17) is 5.73 Å². The first-order valence-electron chi connectivity index (χ1n) is 5.76. The minimum atomic E-state index is 0.132. The van der Waals surface area contributed by atoms with Crippen molar-refractivity contribution in [1.82, 2.24) is 9.80 Å². The van der Waals surface area contributed by atoms with Crippen molar-refractivity contribution in [1.29, 1.82) is 0 Å². The second-order valence-electron chi connectivity index (χ2n) is 4.76. The molecule has 5 heteroatoms. The monoisotopic (exact) mass is 319 g/mol. The van der Waals surface area contributed by atoms with Crippen molar-refractivity contribution >= 4 is 27.3 Å². The Morgan fingerprint density at radius 3 is 2.41 bits per heavy atom. The third-order valence-corrected chi connectivity index (χ3v) is 4.52. The molecule has 0 aliphatic carbocycles. The maximum atomic E-state index is 6.12. The summed E-state index contributed by atoms with van der Waals surface area (Å²) in [5.41, 5.74) is 6.12. The van der Waals surface area contributed by atoms with Crippen LogP contribution < -0.4 is 5.73 Å². The maximum absolute atomic E-state index is 6.12. The molecule has 0 aliphatic rings. The molecule has 0 spiro atoms. The number of nitrogens with zero attached hydrogens (tertiary/aromatic N) is 2. The van der Waals surface area contributed by atoms with Crippen molar-refractivity contribution in [3.8, 4) is 0 Å². The summed E-state index contributed by atoms with van der Waals surface area (Å²) < 4.78 is 1.14. The minimum Gasteiger partial charge on any atom is -0.326 e. The molecule has 3 nitrogen and oxygen atoms in total. The van der Waals surface area contributed by atoms with Crippen molar-refractivity contribution in [2.24, 2.45) is 5.73 Å². The van der Waals surface area contributed by atoms with Crippen LogP contribution in [0.15, 0.2) is 15.9 Å². The van der Waals surface area contributed by atoms with Crippen LogP contribution in [0.25, 0.3) is 0 Å². The normalized spacial score (nSPS) is 15.5. The molecule has 1 rings (SSSR count). The van der Waals surface area contributed by atoms with Crippen LogP contribution in [-0.4, -0.2) is 50.1 Å². The molecule has 1 aromatic rings. The van der Waals surface area contributed by atoms with Gasteiger partial charge in [-0.05, 0) is 50.1 Å². The Bertz CT molecular complexity index is 338. The van der Waals surface area contributed by atoms with Crippen LogP contribution in [0, 0.1) is 0 Å². The van der Waals surface area contributed by atoms with Gasteiger partial charge in [0.05, 0.1) is 6.04 Å². The highest BCUT2D eigenvalue weighted by Gasteiger charge is 2.22. The number of hydrogen-bond donors (Lipinski definition) is 1. The molecule has 0 bridgehead atoms. The number of halogens is 1. The van der Waals surface area contributed by atoms with Crippen molar-refractivity contribution in [3.63, 3.8) is 0 Å². The summed E-state index contributed by atoms with van der Waals surface area (Å²) in [4.78, 5) is 5.86. The zero-order valence-corrected chi connectivity index (χ0v) is 13.4. The van der Waals surface area contributed by atoms with E-state index in [0.29, 0.717) is 6.04 Å². The molecular weight excluding hydrogens is 298 g/mol. The largest absolute Gasteiger partial charge is 0.326 e. The second kappa shape index (κ2) is 6.85. The lowest BCUT2D eigenvalue weighted by Crippen LogP contribution is -2.39. The average molecular weight is 320 g/mol. The van der Waals surface area contributed by atoms with Gasteiger partial charge in [0.15, 0.2) is 0 Å². The van der Waals surface area contributed by atoms with E-state index >= 15 is 0 Å². The average Bonchev–Trinajstić information content (AvgIpc) is 2.61. The van der Waals surface area contributed by atoms with Crippen LogP contribution in [0.1, 0.15) is 17.8 Å². The Morgan fingerprint density at radius 2 is 2.00 bits per heavy atom. The Balaban J connectivity index is 2.72. The smallest absolute Gasteiger partial charge is 0.0589 e. The maximum Gasteiger partial charge on any atom is 0.0589 e. The zero-order valence-electron chi connectivity index (χ0n) is 11.0. The molecule has 0 aliphatic heterocycles. The third kappa shape index (κ3) is 4.67. The van der Waals surface area contributed by atoms with Gasteiger partial charge < -0.3 is 10.6 Å². The molecule has 0 aromatic carbocycles. The van der Waals surface area contributed by atoms with E-state index in [1.807, 2.05) is 0 Å². The SMILES string of the molecule is CC(N)C(c1cc(Br)cs1)N(C)CCN(C)C. The number of nitrogens with two attached hydrogens (primary N) is 1. The molecule has 0 saturated carbocycles. The summed E-state index contributed by atoms with van der Waals surface area (Å²) in [6.07, 6.45) is 0. The number of likely N-dealkylation sites (N-methyl/N-ethyl adjacent to an activating group) is 2. The fourth-order valence-corrected chi connectivity index (χ4v) is 3.58. The van der Waals surface area contributed by atoms with Gasteiger partial charge in [0.1, 0.15) is 0 Å². The second-order valence-corrected chi connectivity index (χ2v) is 6.61. The van der Waals surface area contributed by atoms with Crippen molar-refractivity contribution in [2.45, 2.75) is 19.0 Å². The van der Waals surface area contributed by atoms with E-state index in [0.717, 1.165) is 17.6 Å². The Labute approximate surface area is 117 Å². The highest BCUT2D eigenvalue weighted by molar-refractivity contribution is 9.10. The van der Waals surface area contributed by atoms with Crippen molar-refractivity contribution < 1.29 is 0 Å². The highest BCUT2D eigenvalue weighted by atomic mass is 79.9. The fraction of sp³-hybridized carbons (Fsp3) is 0.667. The molecule has 2 unspecified atom stereocenters. The van der Waals surface area contributed by atoms with Gasteiger partial charge in [-0.25, -0.2) is 0 Å². The van der Waals surface area contributed by atoms with E-state index in [9.17, 15) is 0 Å². The molecule has 0 radical (unpaired) electrons. The summed E-state index contributed by atoms with van der Waals surface area (Å²) in [5.74, 6) is 0. The Hall–Kier alpha value is 0.0600. The molecule has 1 heterocycles. The van der Waals surface area contributed by atoms with Crippen molar-refractivity contribution in [3.05, 3.63) is 20.8 Å². The highest BCUT2D eigenvalue weighted by Crippen LogP contribution is 2.30. The van der Waals surface area contributed by atoms with Crippen LogP contribution in [0.4, 0.5) is 0 Å². The van der Waals surface area contributed by atoms with Gasteiger partial charge in [-0.3, -0.25) is 4.90 Å². The van der Waals surface area contributed by atoms with Crippen LogP contribution in [0.2, 0.25) is 0 Å². The quantitative estimate of drug-likeness (QED) is 0.873. The van der Waals surface area contributed by atoms with Gasteiger partial charge in [0.2, 0.25) is 0 Å². The number of thiophene rings is 1. The summed E-state index contributed by atoms with van der Waals surface area (Å²) in [5, 5.41) is 2.12. The molecule has 0 saturated heterocycles. The first-order chi connectivity index (χ1) is 7.91. The first-order valence-corrected chi connectivity index (χ1v) is 7.43. The lowest BCUT2D eigenvalue weighted by Gasteiger charge is -2.31. The van der Waals surface area contributed by atoms with E-state index in [1.54, 1.807) is 11.3 Å². The van der Waals surface area contributed by atoms with Crippen LogP contribution in [0.5, 0.6) is 0 Å². The predicted octanol–water partition coefficient (Wildman–Crippen LogP) is 2.39. The summed E-state index contributed by atoms with van der Waals surface area (Å²) in [6.45, 7) is 4.14. The molecule has 2 atom stereocenters. The summed E-state index contributed by atoms with van der Waals surface area (Å²) in [6, 6.07) is 2.60. The number of hydrogen-bond acceptors (Lipinski definition) is 4. The van der Waals surface area contributed by atoms with Gasteiger partial charge in [0, 0.05) is 33.9 Å². The number of rotatable bonds is 6. The van der Waals surface area contributed by atoms with Gasteiger partial charge in [0.25, 0.3) is 0 Å². The lowest BCUT2D eigenvalue weighted by atomic mass is 10.1. The molecule has 17 heavy (non-hydrogen) atoms.